The average Bonchev–Trinajstić information content (AvgIpc) is 2.25. The summed E-state index contributed by atoms with van der Waals surface area (Å²) in [5.74, 6) is 4.88. The molecule has 5 heteroatoms. The lowest BCUT2D eigenvalue weighted by Gasteiger charge is -2.18. The van der Waals surface area contributed by atoms with Gasteiger partial charge in [0.05, 0.1) is 0 Å². The summed E-state index contributed by atoms with van der Waals surface area (Å²) in [7, 11) is 0. The maximum atomic E-state index is 12.3. The van der Waals surface area contributed by atoms with Gasteiger partial charge in [0.2, 0.25) is 0 Å². The van der Waals surface area contributed by atoms with Crippen LogP contribution in [0.4, 0.5) is 13.2 Å². The van der Waals surface area contributed by atoms with Crippen LogP contribution in [0.1, 0.15) is 64.7 Å². The topological polar surface area (TPSA) is 38.0 Å². The Morgan fingerprint density at radius 2 is 1.41 bits per heavy atom. The van der Waals surface area contributed by atoms with E-state index in [0.29, 0.717) is 6.42 Å². The molecule has 0 saturated carbocycles. The Hall–Kier alpha value is -0.290. The minimum absolute atomic E-state index is 0.0783. The van der Waals surface area contributed by atoms with Crippen molar-refractivity contribution in [1.82, 2.24) is 5.43 Å². The molecule has 0 bridgehead atoms. The second-order valence-corrected chi connectivity index (χ2v) is 4.52. The van der Waals surface area contributed by atoms with Gasteiger partial charge in [0.15, 0.2) is 0 Å². The van der Waals surface area contributed by atoms with Crippen molar-refractivity contribution in [2.45, 2.75) is 76.9 Å². The molecular formula is C12H25F3N2. The van der Waals surface area contributed by atoms with Crippen molar-refractivity contribution in [3.63, 3.8) is 0 Å². The molecule has 0 aliphatic carbocycles. The Bertz CT molecular complexity index is 172. The molecule has 0 rings (SSSR count). The van der Waals surface area contributed by atoms with Gasteiger partial charge in [-0.05, 0) is 6.42 Å². The summed E-state index contributed by atoms with van der Waals surface area (Å²) in [6.45, 7) is 2.16. The smallest absolute Gasteiger partial charge is 0.271 e. The van der Waals surface area contributed by atoms with Crippen LogP contribution in [0.2, 0.25) is 0 Å². The Kier molecular flexibility index (Phi) is 9.55. The first-order valence-corrected chi connectivity index (χ1v) is 6.55. The largest absolute Gasteiger partial charge is 0.405 e. The third-order valence-corrected chi connectivity index (χ3v) is 2.94. The summed E-state index contributed by atoms with van der Waals surface area (Å²) in [4.78, 5) is 0. The summed E-state index contributed by atoms with van der Waals surface area (Å²) in [5, 5.41) is 0. The number of halogens is 3. The van der Waals surface area contributed by atoms with Gasteiger partial charge in [-0.3, -0.25) is 5.84 Å². The summed E-state index contributed by atoms with van der Waals surface area (Å²) in [5.41, 5.74) is 1.84. The van der Waals surface area contributed by atoms with Crippen LogP contribution in [0.25, 0.3) is 0 Å². The molecule has 0 heterocycles. The van der Waals surface area contributed by atoms with E-state index < -0.39 is 12.2 Å². The molecule has 17 heavy (non-hydrogen) atoms. The van der Waals surface area contributed by atoms with E-state index in [1.54, 1.807) is 0 Å². The van der Waals surface area contributed by atoms with Gasteiger partial charge in [-0.2, -0.15) is 13.2 Å². The molecule has 0 aromatic rings. The minimum Gasteiger partial charge on any atom is -0.271 e. The maximum Gasteiger partial charge on any atom is 0.405 e. The van der Waals surface area contributed by atoms with Crippen LogP contribution in [0.15, 0.2) is 0 Å². The van der Waals surface area contributed by atoms with Crippen molar-refractivity contribution < 1.29 is 13.2 Å². The Morgan fingerprint density at radius 1 is 0.941 bits per heavy atom. The van der Waals surface area contributed by atoms with Crippen LogP contribution < -0.4 is 11.3 Å². The molecule has 2 nitrogen and oxygen atoms in total. The number of nitrogens with one attached hydrogen (secondary N) is 1. The van der Waals surface area contributed by atoms with Gasteiger partial charge in [-0.25, -0.2) is 5.43 Å². The molecule has 1 atom stereocenters. The molecule has 104 valence electrons. The van der Waals surface area contributed by atoms with Crippen LogP contribution in [0.3, 0.4) is 0 Å². The van der Waals surface area contributed by atoms with E-state index in [-0.39, 0.29) is 6.42 Å². The highest BCUT2D eigenvalue weighted by atomic mass is 19.4. The van der Waals surface area contributed by atoms with Gasteiger partial charge >= 0.3 is 6.18 Å². The summed E-state index contributed by atoms with van der Waals surface area (Å²) < 4.78 is 36.9. The highest BCUT2D eigenvalue weighted by molar-refractivity contribution is 4.72. The number of hydrogen-bond donors (Lipinski definition) is 2. The Labute approximate surface area is 102 Å². The fourth-order valence-corrected chi connectivity index (χ4v) is 1.82. The molecule has 0 aromatic carbocycles. The van der Waals surface area contributed by atoms with Crippen molar-refractivity contribution in [3.05, 3.63) is 0 Å². The number of alkyl halides is 3. The van der Waals surface area contributed by atoms with Crippen molar-refractivity contribution >= 4 is 0 Å². The standard InChI is InChI=1S/C12H25F3N2/c1-2-3-4-5-6-7-8-9-10-11(17-16)12(13,14)15/h11,17H,2-10,16H2,1H3. The van der Waals surface area contributed by atoms with Crippen LogP contribution >= 0.6 is 0 Å². The van der Waals surface area contributed by atoms with Crippen LogP contribution in [0, 0.1) is 0 Å². The normalized spacial score (nSPS) is 13.9. The summed E-state index contributed by atoms with van der Waals surface area (Å²) >= 11 is 0. The van der Waals surface area contributed by atoms with E-state index >= 15 is 0 Å². The van der Waals surface area contributed by atoms with E-state index in [9.17, 15) is 13.2 Å². The number of hydrazine groups is 1. The molecule has 0 aromatic heterocycles. The van der Waals surface area contributed by atoms with E-state index in [1.165, 1.54) is 25.7 Å². The lowest BCUT2D eigenvalue weighted by atomic mass is 10.0. The molecule has 0 saturated heterocycles. The van der Waals surface area contributed by atoms with E-state index in [4.69, 9.17) is 5.84 Å². The lowest BCUT2D eigenvalue weighted by molar-refractivity contribution is -0.157. The van der Waals surface area contributed by atoms with Gasteiger partial charge in [0.1, 0.15) is 6.04 Å². The van der Waals surface area contributed by atoms with Crippen LogP contribution in [-0.4, -0.2) is 12.2 Å². The van der Waals surface area contributed by atoms with Gasteiger partial charge in [-0.15, -0.1) is 0 Å². The quantitative estimate of drug-likeness (QED) is 0.352. The van der Waals surface area contributed by atoms with Gasteiger partial charge in [0, 0.05) is 0 Å². The monoisotopic (exact) mass is 254 g/mol. The van der Waals surface area contributed by atoms with E-state index in [1.807, 2.05) is 5.43 Å². The van der Waals surface area contributed by atoms with Crippen molar-refractivity contribution in [1.29, 1.82) is 0 Å². The fraction of sp³-hybridized carbons (Fsp3) is 1.00. The van der Waals surface area contributed by atoms with Crippen molar-refractivity contribution in [2.75, 3.05) is 0 Å². The van der Waals surface area contributed by atoms with E-state index in [2.05, 4.69) is 6.92 Å². The molecule has 0 radical (unpaired) electrons. The van der Waals surface area contributed by atoms with E-state index in [0.717, 1.165) is 19.3 Å². The van der Waals surface area contributed by atoms with Crippen molar-refractivity contribution in [2.24, 2.45) is 5.84 Å². The Balaban J connectivity index is 3.38. The lowest BCUT2D eigenvalue weighted by Crippen LogP contribution is -2.45. The molecule has 0 fully saturated rings. The second kappa shape index (κ2) is 9.71. The van der Waals surface area contributed by atoms with Gasteiger partial charge in [0.25, 0.3) is 0 Å². The third-order valence-electron chi connectivity index (χ3n) is 2.94. The number of hydrogen-bond acceptors (Lipinski definition) is 2. The predicted molar refractivity (Wildman–Crippen MR) is 64.4 cm³/mol. The molecule has 3 N–H and O–H groups in total. The summed E-state index contributed by atoms with van der Waals surface area (Å²) in [6, 6.07) is -1.55. The zero-order valence-corrected chi connectivity index (χ0v) is 10.7. The minimum atomic E-state index is -4.23. The summed E-state index contributed by atoms with van der Waals surface area (Å²) in [6.07, 6.45) is 4.37. The zero-order valence-electron chi connectivity index (χ0n) is 10.7. The molecule has 0 amide bonds. The average molecular weight is 254 g/mol. The second-order valence-electron chi connectivity index (χ2n) is 4.52. The zero-order chi connectivity index (χ0) is 13.1. The molecule has 0 aliphatic rings. The first-order chi connectivity index (χ1) is 8.02. The Morgan fingerprint density at radius 3 is 1.82 bits per heavy atom. The van der Waals surface area contributed by atoms with Crippen LogP contribution in [-0.2, 0) is 0 Å². The predicted octanol–water partition coefficient (Wildman–Crippen LogP) is 3.91. The molecular weight excluding hydrogens is 229 g/mol. The fourth-order valence-electron chi connectivity index (χ4n) is 1.82. The van der Waals surface area contributed by atoms with Crippen molar-refractivity contribution in [3.8, 4) is 0 Å². The maximum absolute atomic E-state index is 12.3. The number of rotatable bonds is 10. The first-order valence-electron chi connectivity index (χ1n) is 6.55. The third kappa shape index (κ3) is 9.41. The van der Waals surface area contributed by atoms with Crippen LogP contribution in [0.5, 0.6) is 0 Å². The highest BCUT2D eigenvalue weighted by Gasteiger charge is 2.38. The molecule has 0 aliphatic heterocycles. The SMILES string of the molecule is CCCCCCCCCCC(NN)C(F)(F)F. The molecule has 1 unspecified atom stereocenters. The first kappa shape index (κ1) is 16.7. The number of nitrogens with two attached hydrogens (primary N) is 1. The molecule has 0 spiro atoms. The highest BCUT2D eigenvalue weighted by Crippen LogP contribution is 2.23. The van der Waals surface area contributed by atoms with Gasteiger partial charge in [-0.1, -0.05) is 58.3 Å². The van der Waals surface area contributed by atoms with Gasteiger partial charge < -0.3 is 0 Å². The number of unbranched alkanes of at least 4 members (excludes halogenated alkanes) is 7.